The summed E-state index contributed by atoms with van der Waals surface area (Å²) in [5.41, 5.74) is 7.17. The second-order valence-electron chi connectivity index (χ2n) is 6.24. The van der Waals surface area contributed by atoms with E-state index >= 15 is 0 Å². The lowest BCUT2D eigenvalue weighted by Gasteiger charge is -2.20. The maximum atomic E-state index is 12.6. The third-order valence-corrected chi connectivity index (χ3v) is 4.40. The molecule has 1 aromatic heterocycles. The standard InChI is InChI=1S/C19H23N3O3/c20-12-17-11-15(13-25-17)18(23)21-16-7-5-14(6-8-16)19(24)22-9-3-1-2-4-10-22/h5-8,11,13H,1-4,9-10,12,20H2,(H,21,23). The minimum absolute atomic E-state index is 0.0576. The van der Waals surface area contributed by atoms with Crippen molar-refractivity contribution in [1.82, 2.24) is 4.90 Å². The van der Waals surface area contributed by atoms with E-state index in [0.29, 0.717) is 22.6 Å². The van der Waals surface area contributed by atoms with E-state index in [2.05, 4.69) is 5.32 Å². The molecule has 0 spiro atoms. The van der Waals surface area contributed by atoms with Crippen molar-refractivity contribution >= 4 is 17.5 Å². The number of hydrogen-bond donors (Lipinski definition) is 2. The van der Waals surface area contributed by atoms with E-state index in [1.165, 1.54) is 19.1 Å². The molecule has 6 heteroatoms. The maximum Gasteiger partial charge on any atom is 0.258 e. The summed E-state index contributed by atoms with van der Waals surface area (Å²) in [4.78, 5) is 26.6. The number of amides is 2. The SMILES string of the molecule is NCc1cc(C(=O)Nc2ccc(C(=O)N3CCCCCC3)cc2)co1. The summed E-state index contributed by atoms with van der Waals surface area (Å²) in [7, 11) is 0. The summed E-state index contributed by atoms with van der Waals surface area (Å²) >= 11 is 0. The molecule has 0 atom stereocenters. The summed E-state index contributed by atoms with van der Waals surface area (Å²) in [6, 6.07) is 8.61. The van der Waals surface area contributed by atoms with Crippen LogP contribution in [0.5, 0.6) is 0 Å². The van der Waals surface area contributed by atoms with Gasteiger partial charge in [-0.25, -0.2) is 0 Å². The van der Waals surface area contributed by atoms with Crippen LogP contribution in [0.4, 0.5) is 5.69 Å². The molecule has 3 N–H and O–H groups in total. The fraction of sp³-hybridized carbons (Fsp3) is 0.368. The Morgan fingerprint density at radius 3 is 2.32 bits per heavy atom. The number of nitrogens with zero attached hydrogens (tertiary/aromatic N) is 1. The van der Waals surface area contributed by atoms with Crippen LogP contribution in [0.3, 0.4) is 0 Å². The molecule has 1 aliphatic heterocycles. The number of nitrogens with one attached hydrogen (secondary N) is 1. The summed E-state index contributed by atoms with van der Waals surface area (Å²) in [5.74, 6) is 0.348. The van der Waals surface area contributed by atoms with Crippen LogP contribution in [0.1, 0.15) is 52.2 Å². The molecule has 132 valence electrons. The second kappa shape index (κ2) is 7.98. The Kier molecular flexibility index (Phi) is 5.50. The number of likely N-dealkylation sites (tertiary alicyclic amines) is 1. The van der Waals surface area contributed by atoms with Gasteiger partial charge < -0.3 is 20.4 Å². The Morgan fingerprint density at radius 2 is 1.72 bits per heavy atom. The predicted octanol–water partition coefficient (Wildman–Crippen LogP) is 3.01. The van der Waals surface area contributed by atoms with E-state index in [9.17, 15) is 9.59 Å². The number of nitrogens with two attached hydrogens (primary N) is 1. The van der Waals surface area contributed by atoms with E-state index in [1.807, 2.05) is 4.90 Å². The number of hydrogen-bond acceptors (Lipinski definition) is 4. The molecule has 0 radical (unpaired) electrons. The van der Waals surface area contributed by atoms with Gasteiger partial charge in [0.2, 0.25) is 0 Å². The summed E-state index contributed by atoms with van der Waals surface area (Å²) < 4.78 is 5.16. The molecular formula is C19H23N3O3. The number of anilines is 1. The summed E-state index contributed by atoms with van der Waals surface area (Å²) in [6.07, 6.45) is 5.89. The van der Waals surface area contributed by atoms with Crippen molar-refractivity contribution in [2.45, 2.75) is 32.2 Å². The van der Waals surface area contributed by atoms with E-state index in [1.54, 1.807) is 30.3 Å². The minimum Gasteiger partial charge on any atom is -0.467 e. The Balaban J connectivity index is 1.63. The first-order valence-electron chi connectivity index (χ1n) is 8.65. The zero-order chi connectivity index (χ0) is 17.6. The van der Waals surface area contributed by atoms with Gasteiger partial charge in [0.25, 0.3) is 11.8 Å². The van der Waals surface area contributed by atoms with E-state index in [0.717, 1.165) is 25.9 Å². The first-order chi connectivity index (χ1) is 12.2. The molecule has 3 rings (SSSR count). The molecule has 0 bridgehead atoms. The molecule has 1 saturated heterocycles. The minimum atomic E-state index is -0.268. The normalized spacial score (nSPS) is 14.8. The number of rotatable bonds is 4. The number of carbonyl (C=O) groups excluding carboxylic acids is 2. The quantitative estimate of drug-likeness (QED) is 0.895. The van der Waals surface area contributed by atoms with E-state index < -0.39 is 0 Å². The second-order valence-corrected chi connectivity index (χ2v) is 6.24. The third-order valence-electron chi connectivity index (χ3n) is 4.40. The van der Waals surface area contributed by atoms with Crippen molar-refractivity contribution in [2.75, 3.05) is 18.4 Å². The maximum absolute atomic E-state index is 12.6. The molecule has 2 aromatic rings. The monoisotopic (exact) mass is 341 g/mol. The average Bonchev–Trinajstić information content (AvgIpc) is 2.96. The van der Waals surface area contributed by atoms with Crippen molar-refractivity contribution in [3.8, 4) is 0 Å². The first-order valence-corrected chi connectivity index (χ1v) is 8.65. The Morgan fingerprint density at radius 1 is 1.04 bits per heavy atom. The summed E-state index contributed by atoms with van der Waals surface area (Å²) in [6.45, 7) is 1.89. The smallest absolute Gasteiger partial charge is 0.258 e. The average molecular weight is 341 g/mol. The Hall–Kier alpha value is -2.60. The van der Waals surface area contributed by atoms with Gasteiger partial charge in [0.05, 0.1) is 12.1 Å². The largest absolute Gasteiger partial charge is 0.467 e. The van der Waals surface area contributed by atoms with Crippen molar-refractivity contribution in [2.24, 2.45) is 5.73 Å². The molecule has 0 saturated carbocycles. The highest BCUT2D eigenvalue weighted by molar-refractivity contribution is 6.04. The predicted molar refractivity (Wildman–Crippen MR) is 95.4 cm³/mol. The van der Waals surface area contributed by atoms with E-state index in [4.69, 9.17) is 10.2 Å². The van der Waals surface area contributed by atoms with Crippen molar-refractivity contribution in [3.63, 3.8) is 0 Å². The van der Waals surface area contributed by atoms with Gasteiger partial charge >= 0.3 is 0 Å². The topological polar surface area (TPSA) is 88.6 Å². The molecule has 2 heterocycles. The third kappa shape index (κ3) is 4.28. The van der Waals surface area contributed by atoms with Gasteiger partial charge in [0, 0.05) is 24.3 Å². The zero-order valence-electron chi connectivity index (χ0n) is 14.2. The highest BCUT2D eigenvalue weighted by Gasteiger charge is 2.17. The van der Waals surface area contributed by atoms with Crippen LogP contribution in [-0.2, 0) is 6.54 Å². The van der Waals surface area contributed by atoms with Gasteiger partial charge in [-0.15, -0.1) is 0 Å². The lowest BCUT2D eigenvalue weighted by atomic mass is 10.1. The van der Waals surface area contributed by atoms with Crippen molar-refractivity contribution < 1.29 is 14.0 Å². The number of carbonyl (C=O) groups is 2. The van der Waals surface area contributed by atoms with Crippen LogP contribution in [0, 0.1) is 0 Å². The highest BCUT2D eigenvalue weighted by atomic mass is 16.3. The van der Waals surface area contributed by atoms with Crippen LogP contribution in [-0.4, -0.2) is 29.8 Å². The first kappa shape index (κ1) is 17.2. The molecule has 6 nitrogen and oxygen atoms in total. The molecule has 1 aliphatic rings. The van der Waals surface area contributed by atoms with Crippen LogP contribution < -0.4 is 11.1 Å². The van der Waals surface area contributed by atoms with Gasteiger partial charge in [0.15, 0.2) is 0 Å². The summed E-state index contributed by atoms with van der Waals surface area (Å²) in [5, 5.41) is 2.79. The molecule has 0 aliphatic carbocycles. The molecular weight excluding hydrogens is 318 g/mol. The Bertz CT molecular complexity index is 729. The van der Waals surface area contributed by atoms with Crippen LogP contribution in [0.25, 0.3) is 0 Å². The van der Waals surface area contributed by atoms with E-state index in [-0.39, 0.29) is 18.4 Å². The number of furan rings is 1. The molecule has 0 unspecified atom stereocenters. The van der Waals surface area contributed by atoms with Gasteiger partial charge in [-0.1, -0.05) is 12.8 Å². The number of benzene rings is 1. The van der Waals surface area contributed by atoms with Gasteiger partial charge in [-0.2, -0.15) is 0 Å². The van der Waals surface area contributed by atoms with Gasteiger partial charge in [-0.3, -0.25) is 9.59 Å². The molecule has 2 amide bonds. The lowest BCUT2D eigenvalue weighted by Crippen LogP contribution is -2.31. The van der Waals surface area contributed by atoms with Crippen LogP contribution in [0.15, 0.2) is 41.0 Å². The Labute approximate surface area is 147 Å². The zero-order valence-corrected chi connectivity index (χ0v) is 14.2. The molecule has 1 aromatic carbocycles. The lowest BCUT2D eigenvalue weighted by molar-refractivity contribution is 0.0761. The van der Waals surface area contributed by atoms with Crippen molar-refractivity contribution in [1.29, 1.82) is 0 Å². The molecule has 1 fully saturated rings. The fourth-order valence-electron chi connectivity index (χ4n) is 2.96. The molecule has 25 heavy (non-hydrogen) atoms. The van der Waals surface area contributed by atoms with Gasteiger partial charge in [0.1, 0.15) is 12.0 Å². The van der Waals surface area contributed by atoms with Gasteiger partial charge in [-0.05, 0) is 43.2 Å². The fourth-order valence-corrected chi connectivity index (χ4v) is 2.96. The highest BCUT2D eigenvalue weighted by Crippen LogP contribution is 2.17. The van der Waals surface area contributed by atoms with Crippen molar-refractivity contribution in [3.05, 3.63) is 53.5 Å². The van der Waals surface area contributed by atoms with Crippen LogP contribution in [0.2, 0.25) is 0 Å². The van der Waals surface area contributed by atoms with Crippen LogP contribution >= 0.6 is 0 Å².